The first-order chi connectivity index (χ1) is 7.15. The molecule has 0 aliphatic rings. The van der Waals surface area contributed by atoms with Gasteiger partial charge in [-0.05, 0) is 33.6 Å². The molecule has 2 rings (SSSR count). The summed E-state index contributed by atoms with van der Waals surface area (Å²) in [6, 6.07) is 4.80. The molecule has 0 saturated heterocycles. The predicted molar refractivity (Wildman–Crippen MR) is 57.6 cm³/mol. The average Bonchev–Trinajstić information content (AvgIpc) is 2.58. The highest BCUT2D eigenvalue weighted by Crippen LogP contribution is 2.17. The molecule has 0 aliphatic carbocycles. The zero-order valence-corrected chi connectivity index (χ0v) is 9.28. The molecule has 1 aromatic carbocycles. The van der Waals surface area contributed by atoms with E-state index in [0.29, 0.717) is 16.8 Å². The van der Waals surface area contributed by atoms with Crippen molar-refractivity contribution in [2.45, 2.75) is 6.54 Å². The molecule has 0 spiro atoms. The largest absolute Gasteiger partial charge is 0.381 e. The molecule has 0 saturated carbocycles. The van der Waals surface area contributed by atoms with Gasteiger partial charge in [-0.1, -0.05) is 11.3 Å². The highest BCUT2D eigenvalue weighted by molar-refractivity contribution is 9.10. The Bertz CT molecular complexity index is 483. The molecule has 0 unspecified atom stereocenters. The minimum Gasteiger partial charge on any atom is -0.381 e. The van der Waals surface area contributed by atoms with Gasteiger partial charge in [-0.25, -0.2) is 9.07 Å². The molecule has 0 atom stereocenters. The molecule has 78 valence electrons. The van der Waals surface area contributed by atoms with Crippen molar-refractivity contribution in [2.24, 2.45) is 0 Å². The van der Waals surface area contributed by atoms with Crippen molar-refractivity contribution in [3.63, 3.8) is 0 Å². The lowest BCUT2D eigenvalue weighted by Crippen LogP contribution is -2.00. The van der Waals surface area contributed by atoms with Crippen LogP contribution < -0.4 is 5.73 Å². The Morgan fingerprint density at radius 3 is 2.87 bits per heavy atom. The zero-order valence-electron chi connectivity index (χ0n) is 7.69. The normalized spacial score (nSPS) is 10.5. The van der Waals surface area contributed by atoms with E-state index in [1.165, 1.54) is 6.07 Å². The fraction of sp³-hybridized carbons (Fsp3) is 0.111. The SMILES string of the molecule is Nc1cn(Cc2ccc(F)c(Br)c2)nn1. The Labute approximate surface area is 94.0 Å². The van der Waals surface area contributed by atoms with Gasteiger partial charge in [0.05, 0.1) is 17.2 Å². The molecule has 6 heteroatoms. The molecule has 2 aromatic rings. The Morgan fingerprint density at radius 2 is 2.27 bits per heavy atom. The molecular formula is C9H8BrFN4. The topological polar surface area (TPSA) is 56.7 Å². The average molecular weight is 271 g/mol. The van der Waals surface area contributed by atoms with Gasteiger partial charge in [-0.15, -0.1) is 5.10 Å². The zero-order chi connectivity index (χ0) is 10.8. The number of nitrogen functional groups attached to an aromatic ring is 1. The van der Waals surface area contributed by atoms with Crippen LogP contribution in [0, 0.1) is 5.82 Å². The van der Waals surface area contributed by atoms with Gasteiger partial charge >= 0.3 is 0 Å². The van der Waals surface area contributed by atoms with Crippen LogP contribution in [0.2, 0.25) is 0 Å². The van der Waals surface area contributed by atoms with E-state index in [1.807, 2.05) is 0 Å². The van der Waals surface area contributed by atoms with Crippen LogP contribution in [0.15, 0.2) is 28.9 Å². The number of benzene rings is 1. The molecule has 0 fully saturated rings. The number of rotatable bonds is 2. The summed E-state index contributed by atoms with van der Waals surface area (Å²) in [5.41, 5.74) is 6.35. The van der Waals surface area contributed by atoms with E-state index in [9.17, 15) is 4.39 Å². The third-order valence-electron chi connectivity index (χ3n) is 1.88. The monoisotopic (exact) mass is 270 g/mol. The number of nitrogens with two attached hydrogens (primary N) is 1. The molecule has 1 aromatic heterocycles. The van der Waals surface area contributed by atoms with E-state index < -0.39 is 0 Å². The quantitative estimate of drug-likeness (QED) is 0.906. The molecular weight excluding hydrogens is 263 g/mol. The van der Waals surface area contributed by atoms with Gasteiger partial charge in [-0.3, -0.25) is 0 Å². The Balaban J connectivity index is 2.21. The van der Waals surface area contributed by atoms with Crippen LogP contribution in [0.25, 0.3) is 0 Å². The van der Waals surface area contributed by atoms with E-state index in [1.54, 1.807) is 23.0 Å². The van der Waals surface area contributed by atoms with Crippen LogP contribution in [-0.2, 0) is 6.54 Å². The first kappa shape index (κ1) is 10.1. The van der Waals surface area contributed by atoms with Crippen LogP contribution in [0.4, 0.5) is 10.2 Å². The fourth-order valence-corrected chi connectivity index (χ4v) is 1.64. The summed E-state index contributed by atoms with van der Waals surface area (Å²) in [5.74, 6) is 0.0908. The maximum absolute atomic E-state index is 12.9. The number of halogens is 2. The standard InChI is InChI=1S/C9H8BrFN4/c10-7-3-6(1-2-8(7)11)4-15-5-9(12)13-14-15/h1-3,5H,4,12H2. The first-order valence-electron chi connectivity index (χ1n) is 4.24. The summed E-state index contributed by atoms with van der Waals surface area (Å²) >= 11 is 3.12. The molecule has 0 aliphatic heterocycles. The number of hydrogen-bond donors (Lipinski definition) is 1. The molecule has 0 bridgehead atoms. The van der Waals surface area contributed by atoms with Crippen molar-refractivity contribution in [3.05, 3.63) is 40.2 Å². The molecule has 0 amide bonds. The van der Waals surface area contributed by atoms with Gasteiger partial charge in [0.2, 0.25) is 0 Å². The third-order valence-corrected chi connectivity index (χ3v) is 2.49. The summed E-state index contributed by atoms with van der Waals surface area (Å²) in [5, 5.41) is 7.45. The van der Waals surface area contributed by atoms with Gasteiger partial charge < -0.3 is 5.73 Å². The fourth-order valence-electron chi connectivity index (χ4n) is 1.22. The maximum Gasteiger partial charge on any atom is 0.165 e. The summed E-state index contributed by atoms with van der Waals surface area (Å²) in [6.07, 6.45) is 1.62. The Kier molecular flexibility index (Phi) is 2.68. The van der Waals surface area contributed by atoms with Crippen molar-refractivity contribution >= 4 is 21.7 Å². The van der Waals surface area contributed by atoms with Crippen LogP contribution >= 0.6 is 15.9 Å². The second-order valence-corrected chi connectivity index (χ2v) is 3.94. The van der Waals surface area contributed by atoms with E-state index in [-0.39, 0.29) is 5.82 Å². The van der Waals surface area contributed by atoms with Crippen molar-refractivity contribution in [3.8, 4) is 0 Å². The minimum absolute atomic E-state index is 0.281. The molecule has 15 heavy (non-hydrogen) atoms. The minimum atomic E-state index is -0.281. The lowest BCUT2D eigenvalue weighted by Gasteiger charge is -2.01. The van der Waals surface area contributed by atoms with Crippen LogP contribution in [0.1, 0.15) is 5.56 Å². The first-order valence-corrected chi connectivity index (χ1v) is 5.04. The Morgan fingerprint density at radius 1 is 1.47 bits per heavy atom. The van der Waals surface area contributed by atoms with Gasteiger partial charge in [0.15, 0.2) is 5.82 Å². The van der Waals surface area contributed by atoms with Crippen molar-refractivity contribution < 1.29 is 4.39 Å². The predicted octanol–water partition coefficient (Wildman–Crippen LogP) is 1.81. The smallest absolute Gasteiger partial charge is 0.165 e. The summed E-state index contributed by atoms with van der Waals surface area (Å²) in [7, 11) is 0. The lowest BCUT2D eigenvalue weighted by atomic mass is 10.2. The highest BCUT2D eigenvalue weighted by Gasteiger charge is 2.02. The molecule has 2 N–H and O–H groups in total. The van der Waals surface area contributed by atoms with Crippen molar-refractivity contribution in [2.75, 3.05) is 5.73 Å². The van der Waals surface area contributed by atoms with Gasteiger partial charge in [0.25, 0.3) is 0 Å². The van der Waals surface area contributed by atoms with Gasteiger partial charge in [0, 0.05) is 0 Å². The summed E-state index contributed by atoms with van der Waals surface area (Å²) in [4.78, 5) is 0. The van der Waals surface area contributed by atoms with Crippen molar-refractivity contribution in [1.82, 2.24) is 15.0 Å². The van der Waals surface area contributed by atoms with Crippen LogP contribution in [0.3, 0.4) is 0 Å². The van der Waals surface area contributed by atoms with Crippen LogP contribution in [-0.4, -0.2) is 15.0 Å². The van der Waals surface area contributed by atoms with Crippen molar-refractivity contribution in [1.29, 1.82) is 0 Å². The van der Waals surface area contributed by atoms with E-state index in [4.69, 9.17) is 5.73 Å². The molecule has 0 radical (unpaired) electrons. The highest BCUT2D eigenvalue weighted by atomic mass is 79.9. The lowest BCUT2D eigenvalue weighted by molar-refractivity contribution is 0.615. The number of hydrogen-bond acceptors (Lipinski definition) is 3. The Hall–Kier alpha value is -1.43. The molecule has 1 heterocycles. The second kappa shape index (κ2) is 3.98. The maximum atomic E-state index is 12.9. The van der Waals surface area contributed by atoms with Crippen LogP contribution in [0.5, 0.6) is 0 Å². The number of aromatic nitrogens is 3. The van der Waals surface area contributed by atoms with Gasteiger partial charge in [-0.2, -0.15) is 0 Å². The van der Waals surface area contributed by atoms with E-state index in [2.05, 4.69) is 26.2 Å². The molecule has 4 nitrogen and oxygen atoms in total. The van der Waals surface area contributed by atoms with Gasteiger partial charge in [0.1, 0.15) is 5.82 Å². The third kappa shape index (κ3) is 2.33. The summed E-state index contributed by atoms with van der Waals surface area (Å²) in [6.45, 7) is 0.517. The summed E-state index contributed by atoms with van der Waals surface area (Å²) < 4.78 is 15.0. The number of anilines is 1. The number of nitrogens with zero attached hydrogens (tertiary/aromatic N) is 3. The second-order valence-electron chi connectivity index (χ2n) is 3.09. The van der Waals surface area contributed by atoms with E-state index >= 15 is 0 Å². The van der Waals surface area contributed by atoms with E-state index in [0.717, 1.165) is 5.56 Å².